The van der Waals surface area contributed by atoms with Crippen molar-refractivity contribution < 1.29 is 9.18 Å². The Bertz CT molecular complexity index is 758. The minimum atomic E-state index is -0.228. The van der Waals surface area contributed by atoms with Gasteiger partial charge >= 0.3 is 0 Å². The molecule has 7 nitrogen and oxygen atoms in total. The summed E-state index contributed by atoms with van der Waals surface area (Å²) in [6.07, 6.45) is 1.50. The molecule has 0 aliphatic carbocycles. The number of nitrogens with one attached hydrogen (secondary N) is 2. The van der Waals surface area contributed by atoms with E-state index in [-0.39, 0.29) is 18.3 Å². The molecule has 0 radical (unpaired) electrons. The van der Waals surface area contributed by atoms with Gasteiger partial charge in [0, 0.05) is 31.9 Å². The highest BCUT2D eigenvalue weighted by molar-refractivity contribution is 6.02. The third-order valence-electron chi connectivity index (χ3n) is 4.28. The van der Waals surface area contributed by atoms with E-state index < -0.39 is 0 Å². The first kappa shape index (κ1) is 14.7. The Labute approximate surface area is 138 Å². The number of halogens is 1. The summed E-state index contributed by atoms with van der Waals surface area (Å²) in [6, 6.07) is 6.54. The van der Waals surface area contributed by atoms with E-state index in [0.29, 0.717) is 11.5 Å². The van der Waals surface area contributed by atoms with Gasteiger partial charge in [-0.25, -0.2) is 14.4 Å². The lowest BCUT2D eigenvalue weighted by Gasteiger charge is -2.37. The molecule has 1 saturated heterocycles. The molecule has 4 rings (SSSR count). The number of carbonyl (C=O) groups excluding carboxylic acids is 1. The second-order valence-corrected chi connectivity index (χ2v) is 5.77. The number of piperazine rings is 1. The molecule has 2 aliphatic rings. The fourth-order valence-corrected chi connectivity index (χ4v) is 3.04. The maximum Gasteiger partial charge on any atom is 0.243 e. The number of anilines is 4. The smallest absolute Gasteiger partial charge is 0.243 e. The van der Waals surface area contributed by atoms with Gasteiger partial charge in [-0.3, -0.25) is 4.79 Å². The third-order valence-corrected chi connectivity index (χ3v) is 4.28. The molecular weight excluding hydrogens is 311 g/mol. The van der Waals surface area contributed by atoms with E-state index in [1.165, 1.54) is 18.5 Å². The van der Waals surface area contributed by atoms with Crippen molar-refractivity contribution in [3.05, 3.63) is 36.4 Å². The summed E-state index contributed by atoms with van der Waals surface area (Å²) in [5.41, 5.74) is 1.65. The van der Waals surface area contributed by atoms with Gasteiger partial charge in [0.25, 0.3) is 0 Å². The number of carbonyl (C=O) groups is 1. The predicted octanol–water partition coefficient (Wildman–Crippen LogP) is 1.31. The maximum atomic E-state index is 13.0. The topological polar surface area (TPSA) is 73.4 Å². The molecule has 8 heteroatoms. The summed E-state index contributed by atoms with van der Waals surface area (Å²) >= 11 is 0. The van der Waals surface area contributed by atoms with Gasteiger partial charge in [0.1, 0.15) is 17.8 Å². The van der Waals surface area contributed by atoms with Gasteiger partial charge in [0.15, 0.2) is 11.6 Å². The first-order valence-electron chi connectivity index (χ1n) is 7.85. The van der Waals surface area contributed by atoms with Crippen LogP contribution in [-0.4, -0.2) is 48.6 Å². The average Bonchev–Trinajstić information content (AvgIpc) is 2.62. The summed E-state index contributed by atoms with van der Waals surface area (Å²) < 4.78 is 13.0. The lowest BCUT2D eigenvalue weighted by Crippen LogP contribution is -2.47. The Morgan fingerprint density at radius 1 is 1.00 bits per heavy atom. The minimum absolute atomic E-state index is 0.0940. The normalized spacial score (nSPS) is 17.1. The Morgan fingerprint density at radius 2 is 1.71 bits per heavy atom. The molecule has 0 unspecified atom stereocenters. The van der Waals surface area contributed by atoms with E-state index in [1.807, 2.05) is 0 Å². The molecule has 0 spiro atoms. The quantitative estimate of drug-likeness (QED) is 0.866. The van der Waals surface area contributed by atoms with Crippen molar-refractivity contribution in [2.24, 2.45) is 0 Å². The monoisotopic (exact) mass is 328 g/mol. The van der Waals surface area contributed by atoms with Crippen LogP contribution in [0.3, 0.4) is 0 Å². The Balaban J connectivity index is 1.50. The molecule has 1 aromatic carbocycles. The molecule has 2 N–H and O–H groups in total. The molecule has 2 aromatic rings. The van der Waals surface area contributed by atoms with Crippen LogP contribution in [-0.2, 0) is 4.79 Å². The van der Waals surface area contributed by atoms with Crippen molar-refractivity contribution in [1.82, 2.24) is 9.97 Å². The predicted molar refractivity (Wildman–Crippen MR) is 90.0 cm³/mol. The number of amides is 1. The van der Waals surface area contributed by atoms with E-state index in [4.69, 9.17) is 0 Å². The van der Waals surface area contributed by atoms with E-state index in [1.54, 1.807) is 12.1 Å². The van der Waals surface area contributed by atoms with Gasteiger partial charge in [-0.2, -0.15) is 0 Å². The van der Waals surface area contributed by atoms with Crippen molar-refractivity contribution in [2.75, 3.05) is 53.2 Å². The molecule has 0 saturated carbocycles. The van der Waals surface area contributed by atoms with Crippen LogP contribution in [0.2, 0.25) is 0 Å². The van der Waals surface area contributed by atoms with Gasteiger partial charge in [-0.1, -0.05) is 0 Å². The molecule has 24 heavy (non-hydrogen) atoms. The van der Waals surface area contributed by atoms with Crippen LogP contribution >= 0.6 is 0 Å². The number of rotatable bonds is 2. The number of hydrogen-bond donors (Lipinski definition) is 2. The molecule has 124 valence electrons. The first-order chi connectivity index (χ1) is 11.7. The number of nitrogens with zero attached hydrogens (tertiary/aromatic N) is 4. The molecule has 1 fully saturated rings. The van der Waals surface area contributed by atoms with Crippen LogP contribution in [0, 0.1) is 5.82 Å². The maximum absolute atomic E-state index is 13.0. The van der Waals surface area contributed by atoms with Crippen molar-refractivity contribution in [1.29, 1.82) is 0 Å². The van der Waals surface area contributed by atoms with Gasteiger partial charge in [0.2, 0.25) is 5.91 Å². The largest absolute Gasteiger partial charge is 0.368 e. The highest BCUT2D eigenvalue weighted by atomic mass is 19.1. The zero-order valence-electron chi connectivity index (χ0n) is 13.0. The van der Waals surface area contributed by atoms with Crippen molar-refractivity contribution in [3.8, 4) is 0 Å². The van der Waals surface area contributed by atoms with Gasteiger partial charge in [-0.05, 0) is 24.3 Å². The zero-order valence-corrected chi connectivity index (χ0v) is 13.0. The fraction of sp³-hybridized carbons (Fsp3) is 0.312. The number of hydrogen-bond acceptors (Lipinski definition) is 6. The van der Waals surface area contributed by atoms with Crippen molar-refractivity contribution in [2.45, 2.75) is 0 Å². The summed E-state index contributed by atoms with van der Waals surface area (Å²) in [5, 5.41) is 5.85. The highest BCUT2D eigenvalue weighted by Gasteiger charge is 2.25. The van der Waals surface area contributed by atoms with Gasteiger partial charge < -0.3 is 20.4 Å². The van der Waals surface area contributed by atoms with Gasteiger partial charge in [0.05, 0.1) is 6.54 Å². The number of fused-ring (bicyclic) bond motifs is 1. The van der Waals surface area contributed by atoms with Crippen molar-refractivity contribution in [3.63, 3.8) is 0 Å². The van der Waals surface area contributed by atoms with E-state index >= 15 is 0 Å². The zero-order chi connectivity index (χ0) is 16.5. The molecule has 0 atom stereocenters. The van der Waals surface area contributed by atoms with Crippen LogP contribution in [0.5, 0.6) is 0 Å². The van der Waals surface area contributed by atoms with E-state index in [9.17, 15) is 9.18 Å². The third kappa shape index (κ3) is 2.70. The van der Waals surface area contributed by atoms with E-state index in [2.05, 4.69) is 30.4 Å². The molecular formula is C16H17FN6O. The summed E-state index contributed by atoms with van der Waals surface area (Å²) in [7, 11) is 0. The summed E-state index contributed by atoms with van der Waals surface area (Å²) in [6.45, 7) is 3.34. The van der Waals surface area contributed by atoms with Gasteiger partial charge in [-0.15, -0.1) is 0 Å². The molecule has 3 heterocycles. The lowest BCUT2D eigenvalue weighted by atomic mass is 10.2. The Morgan fingerprint density at radius 3 is 2.46 bits per heavy atom. The molecule has 1 aromatic heterocycles. The molecule has 0 bridgehead atoms. The SMILES string of the molecule is O=C1CNc2ncnc(N3CCN(c4ccc(F)cc4)CC3)c2N1. The van der Waals surface area contributed by atoms with Crippen LogP contribution in [0.15, 0.2) is 30.6 Å². The average molecular weight is 328 g/mol. The molecule has 1 amide bonds. The Hall–Kier alpha value is -2.90. The second-order valence-electron chi connectivity index (χ2n) is 5.77. The summed E-state index contributed by atoms with van der Waals surface area (Å²) in [5.74, 6) is 1.07. The summed E-state index contributed by atoms with van der Waals surface area (Å²) in [4.78, 5) is 24.5. The standard InChI is InChI=1S/C16H17FN6O/c17-11-1-3-12(4-2-11)22-5-7-23(8-6-22)16-14-15(19-10-20-16)18-9-13(24)21-14/h1-4,10H,5-9H2,(H,21,24)(H,18,19,20). The lowest BCUT2D eigenvalue weighted by molar-refractivity contribution is -0.114. The van der Waals surface area contributed by atoms with E-state index in [0.717, 1.165) is 37.7 Å². The number of benzene rings is 1. The minimum Gasteiger partial charge on any atom is -0.368 e. The first-order valence-corrected chi connectivity index (χ1v) is 7.85. The Kier molecular flexibility index (Phi) is 3.64. The van der Waals surface area contributed by atoms with Crippen LogP contribution in [0.1, 0.15) is 0 Å². The molecule has 2 aliphatic heterocycles. The van der Waals surface area contributed by atoms with Crippen LogP contribution < -0.4 is 20.4 Å². The highest BCUT2D eigenvalue weighted by Crippen LogP contribution is 2.32. The van der Waals surface area contributed by atoms with Crippen molar-refractivity contribution >= 4 is 28.9 Å². The number of aromatic nitrogens is 2. The van der Waals surface area contributed by atoms with Crippen LogP contribution in [0.25, 0.3) is 0 Å². The van der Waals surface area contributed by atoms with Crippen LogP contribution in [0.4, 0.5) is 27.4 Å². The second kappa shape index (κ2) is 5.95. The fourth-order valence-electron chi connectivity index (χ4n) is 3.04.